The van der Waals surface area contributed by atoms with E-state index in [-0.39, 0.29) is 12.3 Å². The van der Waals surface area contributed by atoms with Crippen molar-refractivity contribution in [3.8, 4) is 17.2 Å². The molecule has 78 valence electrons. The predicted molar refractivity (Wildman–Crippen MR) is 54.5 cm³/mol. The summed E-state index contributed by atoms with van der Waals surface area (Å²) in [5, 5.41) is 30.8. The van der Waals surface area contributed by atoms with E-state index in [1.165, 1.54) is 24.3 Å². The fourth-order valence-corrected chi connectivity index (χ4v) is 0.982. The summed E-state index contributed by atoms with van der Waals surface area (Å²) in [5.41, 5.74) is 8.33. The molecule has 15 heavy (non-hydrogen) atoms. The maximum atomic E-state index is 9.37. The van der Waals surface area contributed by atoms with Crippen LogP contribution in [0.2, 0.25) is 0 Å². The van der Waals surface area contributed by atoms with Crippen LogP contribution in [-0.4, -0.2) is 21.9 Å². The molecule has 0 fully saturated rings. The smallest absolute Gasteiger partial charge is 0.200 e. The van der Waals surface area contributed by atoms with E-state index in [2.05, 4.69) is 10.0 Å². The largest absolute Gasteiger partial charge is 0.504 e. The lowest BCUT2D eigenvalue weighted by Crippen LogP contribution is -1.77. The molecule has 3 N–H and O–H groups in total. The van der Waals surface area contributed by atoms with Gasteiger partial charge in [0.15, 0.2) is 11.5 Å². The molecule has 1 aromatic carbocycles. The molecule has 6 heteroatoms. The fraction of sp³-hybridized carbons (Fsp3) is 0.111. The van der Waals surface area contributed by atoms with E-state index in [0.29, 0.717) is 5.56 Å². The number of nitrogens with zero attached hydrogens (tertiary/aromatic N) is 3. The first kappa shape index (κ1) is 10.7. The van der Waals surface area contributed by atoms with Crippen LogP contribution in [0.5, 0.6) is 17.2 Å². The lowest BCUT2D eigenvalue weighted by Gasteiger charge is -2.03. The molecule has 0 bridgehead atoms. The topological polar surface area (TPSA) is 109 Å². The first-order valence-corrected chi connectivity index (χ1v) is 4.08. The van der Waals surface area contributed by atoms with Crippen LogP contribution in [0.15, 0.2) is 23.3 Å². The maximum absolute atomic E-state index is 9.37. The molecule has 0 aliphatic heterocycles. The van der Waals surface area contributed by atoms with E-state index in [1.807, 2.05) is 0 Å². The molecule has 0 saturated heterocycles. The van der Waals surface area contributed by atoms with Crippen molar-refractivity contribution in [2.45, 2.75) is 0 Å². The fourth-order valence-electron chi connectivity index (χ4n) is 0.982. The van der Waals surface area contributed by atoms with E-state index in [9.17, 15) is 10.2 Å². The third-order valence-electron chi connectivity index (χ3n) is 1.71. The zero-order valence-corrected chi connectivity index (χ0v) is 7.70. The second-order valence-corrected chi connectivity index (χ2v) is 2.69. The van der Waals surface area contributed by atoms with E-state index in [4.69, 9.17) is 10.6 Å². The van der Waals surface area contributed by atoms with Gasteiger partial charge in [-0.15, -0.1) is 0 Å². The average molecular weight is 207 g/mol. The minimum absolute atomic E-state index is 0.150. The van der Waals surface area contributed by atoms with Gasteiger partial charge >= 0.3 is 0 Å². The van der Waals surface area contributed by atoms with Gasteiger partial charge in [-0.25, -0.2) is 0 Å². The molecular weight excluding hydrogens is 198 g/mol. The maximum Gasteiger partial charge on any atom is 0.200 e. The van der Waals surface area contributed by atoms with Gasteiger partial charge in [0, 0.05) is 17.0 Å². The lowest BCUT2D eigenvalue weighted by atomic mass is 10.1. The van der Waals surface area contributed by atoms with Gasteiger partial charge < -0.3 is 15.3 Å². The highest BCUT2D eigenvalue weighted by molar-refractivity contribution is 5.64. The normalized spacial score (nSPS) is 10.1. The van der Waals surface area contributed by atoms with Gasteiger partial charge in [-0.2, -0.15) is 0 Å². The van der Waals surface area contributed by atoms with Gasteiger partial charge in [0.05, 0.1) is 0 Å². The Morgan fingerprint density at radius 1 is 1.27 bits per heavy atom. The summed E-state index contributed by atoms with van der Waals surface area (Å²) in [7, 11) is 0. The van der Waals surface area contributed by atoms with Crippen molar-refractivity contribution in [2.75, 3.05) is 6.54 Å². The summed E-state index contributed by atoms with van der Waals surface area (Å²) >= 11 is 0. The Morgan fingerprint density at radius 3 is 2.67 bits per heavy atom. The molecule has 0 heterocycles. The van der Waals surface area contributed by atoms with E-state index >= 15 is 0 Å². The number of hydrogen-bond donors (Lipinski definition) is 3. The van der Waals surface area contributed by atoms with Crippen LogP contribution in [0.3, 0.4) is 0 Å². The standard InChI is InChI=1S/C9H9N3O3/c10-12-11-5-1-2-6-3-4-7(13)9(15)8(6)14/h1-4,13-15H,5H2. The molecule has 0 radical (unpaired) electrons. The van der Waals surface area contributed by atoms with Gasteiger partial charge in [0.2, 0.25) is 5.75 Å². The summed E-state index contributed by atoms with van der Waals surface area (Å²) in [4.78, 5) is 2.54. The molecule has 0 spiro atoms. The first-order chi connectivity index (χ1) is 7.16. The second kappa shape index (κ2) is 4.78. The van der Waals surface area contributed by atoms with Crippen LogP contribution in [-0.2, 0) is 0 Å². The predicted octanol–water partition coefficient (Wildman–Crippen LogP) is 2.13. The summed E-state index contributed by atoms with van der Waals surface area (Å²) in [6, 6.07) is 2.68. The zero-order chi connectivity index (χ0) is 11.3. The molecule has 0 aliphatic carbocycles. The molecule has 0 atom stereocenters. The van der Waals surface area contributed by atoms with Crippen molar-refractivity contribution in [1.29, 1.82) is 0 Å². The minimum Gasteiger partial charge on any atom is -0.504 e. The Labute approximate surface area is 85.4 Å². The Hall–Kier alpha value is -2.33. The van der Waals surface area contributed by atoms with Crippen molar-refractivity contribution in [3.63, 3.8) is 0 Å². The highest BCUT2D eigenvalue weighted by Gasteiger charge is 2.07. The SMILES string of the molecule is [N-]=[N+]=NCC=Cc1ccc(O)c(O)c1O. The number of azide groups is 1. The Morgan fingerprint density at radius 2 is 2.00 bits per heavy atom. The minimum atomic E-state index is -0.569. The Bertz CT molecular complexity index is 436. The third kappa shape index (κ3) is 2.55. The quantitative estimate of drug-likeness (QED) is 0.305. The molecule has 1 rings (SSSR count). The van der Waals surface area contributed by atoms with Crippen molar-refractivity contribution in [1.82, 2.24) is 0 Å². The molecule has 0 saturated carbocycles. The number of phenols is 3. The summed E-state index contributed by atoms with van der Waals surface area (Å²) in [6.07, 6.45) is 2.99. The van der Waals surface area contributed by atoms with E-state index in [0.717, 1.165) is 0 Å². The van der Waals surface area contributed by atoms with Crippen LogP contribution in [0.25, 0.3) is 16.5 Å². The molecule has 0 unspecified atom stereocenters. The second-order valence-electron chi connectivity index (χ2n) is 2.69. The molecule has 0 aromatic heterocycles. The van der Waals surface area contributed by atoms with Crippen molar-refractivity contribution in [2.24, 2.45) is 5.11 Å². The number of aromatic hydroxyl groups is 3. The van der Waals surface area contributed by atoms with Gasteiger partial charge in [-0.05, 0) is 17.7 Å². The van der Waals surface area contributed by atoms with E-state index < -0.39 is 11.5 Å². The molecule has 1 aromatic rings. The van der Waals surface area contributed by atoms with Crippen LogP contribution in [0, 0.1) is 0 Å². The Kier molecular flexibility index (Phi) is 3.43. The molecule has 0 aliphatic rings. The Balaban J connectivity index is 2.91. The highest BCUT2D eigenvalue weighted by Crippen LogP contribution is 2.37. The van der Waals surface area contributed by atoms with Crippen LogP contribution < -0.4 is 0 Å². The number of benzene rings is 1. The summed E-state index contributed by atoms with van der Waals surface area (Å²) < 4.78 is 0. The lowest BCUT2D eigenvalue weighted by molar-refractivity contribution is 0.367. The van der Waals surface area contributed by atoms with Gasteiger partial charge in [-0.3, -0.25) is 0 Å². The average Bonchev–Trinajstić information content (AvgIpc) is 2.24. The van der Waals surface area contributed by atoms with Crippen LogP contribution in [0.4, 0.5) is 0 Å². The monoisotopic (exact) mass is 207 g/mol. The van der Waals surface area contributed by atoms with Gasteiger partial charge in [-0.1, -0.05) is 17.3 Å². The van der Waals surface area contributed by atoms with E-state index in [1.54, 1.807) is 0 Å². The molecule has 0 amide bonds. The first-order valence-electron chi connectivity index (χ1n) is 4.08. The van der Waals surface area contributed by atoms with Crippen molar-refractivity contribution >= 4 is 6.08 Å². The highest BCUT2D eigenvalue weighted by atomic mass is 16.3. The number of hydrogen-bond acceptors (Lipinski definition) is 4. The summed E-state index contributed by atoms with van der Waals surface area (Å²) in [6.45, 7) is 0.150. The van der Waals surface area contributed by atoms with Crippen molar-refractivity contribution in [3.05, 3.63) is 34.2 Å². The third-order valence-corrected chi connectivity index (χ3v) is 1.71. The van der Waals surface area contributed by atoms with Gasteiger partial charge in [0.25, 0.3) is 0 Å². The van der Waals surface area contributed by atoms with Gasteiger partial charge in [0.1, 0.15) is 0 Å². The molecule has 6 nitrogen and oxygen atoms in total. The zero-order valence-electron chi connectivity index (χ0n) is 7.70. The molecular formula is C9H9N3O3. The van der Waals surface area contributed by atoms with Crippen LogP contribution in [0.1, 0.15) is 5.56 Å². The van der Waals surface area contributed by atoms with Crippen LogP contribution >= 0.6 is 0 Å². The number of rotatable bonds is 3. The summed E-state index contributed by atoms with van der Waals surface area (Å²) in [5.74, 6) is -1.37. The van der Waals surface area contributed by atoms with Crippen molar-refractivity contribution < 1.29 is 15.3 Å². The number of phenolic OH excluding ortho intramolecular Hbond substituents is 3.